The number of amides is 1. The molecule has 0 saturated heterocycles. The van der Waals surface area contributed by atoms with Crippen LogP contribution in [0.1, 0.15) is 34.1 Å². The molecule has 4 heterocycles. The number of aromatic nitrogens is 5. The Morgan fingerprint density at radius 3 is 2.51 bits per heavy atom. The second-order valence-corrected chi connectivity index (χ2v) is 7.55. The molecule has 0 N–H and O–H groups in total. The highest BCUT2D eigenvalue weighted by Crippen LogP contribution is 2.39. The average molecular weight is 494 g/mol. The fourth-order valence-electron chi connectivity index (χ4n) is 3.73. The molecule has 5 rings (SSSR count). The van der Waals surface area contributed by atoms with Crippen LogP contribution < -0.4 is 4.90 Å². The summed E-state index contributed by atoms with van der Waals surface area (Å²) >= 11 is 0. The van der Waals surface area contributed by atoms with Gasteiger partial charge < -0.3 is 9.32 Å². The zero-order valence-electron chi connectivity index (χ0n) is 17.5. The first-order chi connectivity index (χ1) is 16.5. The van der Waals surface area contributed by atoms with Crippen molar-refractivity contribution in [1.82, 2.24) is 25.0 Å². The van der Waals surface area contributed by atoms with Crippen LogP contribution in [0, 0.1) is 5.82 Å². The number of anilines is 1. The first-order valence-corrected chi connectivity index (χ1v) is 9.87. The Kier molecular flexibility index (Phi) is 5.11. The Bertz CT molecular complexity index is 1460. The Balaban J connectivity index is 1.54. The predicted octanol–water partition coefficient (Wildman–Crippen LogP) is 4.79. The lowest BCUT2D eigenvalue weighted by molar-refractivity contribution is -0.141. The summed E-state index contributed by atoms with van der Waals surface area (Å²) < 4.78 is 84.9. The number of nitrogens with zero attached hydrogens (tertiary/aromatic N) is 6. The van der Waals surface area contributed by atoms with Crippen molar-refractivity contribution in [2.75, 3.05) is 4.90 Å². The van der Waals surface area contributed by atoms with Crippen LogP contribution in [0.2, 0.25) is 0 Å². The largest absolute Gasteiger partial charge is 0.435 e. The van der Waals surface area contributed by atoms with Crippen LogP contribution >= 0.6 is 0 Å². The molecular formula is C21H12F6N6O2. The van der Waals surface area contributed by atoms with Crippen molar-refractivity contribution >= 4 is 11.6 Å². The maximum absolute atomic E-state index is 14.1. The van der Waals surface area contributed by atoms with Gasteiger partial charge in [-0.3, -0.25) is 14.5 Å². The summed E-state index contributed by atoms with van der Waals surface area (Å²) in [6.45, 7) is -0.0663. The number of carbonyl (C=O) groups is 1. The quantitative estimate of drug-likeness (QED) is 0.379. The van der Waals surface area contributed by atoms with E-state index in [4.69, 9.17) is 4.42 Å². The lowest BCUT2D eigenvalue weighted by atomic mass is 10.1. The van der Waals surface area contributed by atoms with E-state index in [9.17, 15) is 31.1 Å². The van der Waals surface area contributed by atoms with E-state index < -0.39 is 35.9 Å². The molecular weight excluding hydrogens is 482 g/mol. The van der Waals surface area contributed by atoms with Crippen molar-refractivity contribution in [1.29, 1.82) is 0 Å². The normalized spacial score (nSPS) is 13.7. The number of pyridine rings is 1. The van der Waals surface area contributed by atoms with Gasteiger partial charge in [0.2, 0.25) is 5.89 Å². The van der Waals surface area contributed by atoms with Gasteiger partial charge in [-0.1, -0.05) is 0 Å². The van der Waals surface area contributed by atoms with Gasteiger partial charge in [-0.05, 0) is 30.3 Å². The van der Waals surface area contributed by atoms with Crippen LogP contribution in [0.5, 0.6) is 0 Å². The summed E-state index contributed by atoms with van der Waals surface area (Å²) in [5.41, 5.74) is -0.566. The zero-order valence-corrected chi connectivity index (χ0v) is 17.5. The molecule has 0 bridgehead atoms. The molecule has 0 atom stereocenters. The molecule has 1 aromatic carbocycles. The number of carbonyl (C=O) groups excluding carboxylic acids is 1. The maximum Gasteiger partial charge on any atom is 0.435 e. The first kappa shape index (κ1) is 22.6. The van der Waals surface area contributed by atoms with Gasteiger partial charge in [0.25, 0.3) is 11.8 Å². The highest BCUT2D eigenvalue weighted by molar-refractivity contribution is 6.11. The topological polar surface area (TPSA) is 89.9 Å². The molecule has 0 saturated carbocycles. The maximum atomic E-state index is 14.1. The van der Waals surface area contributed by atoms with Crippen LogP contribution in [0.25, 0.3) is 22.7 Å². The summed E-state index contributed by atoms with van der Waals surface area (Å²) in [5.74, 6) is -2.47. The monoisotopic (exact) mass is 494 g/mol. The van der Waals surface area contributed by atoms with Gasteiger partial charge in [0.1, 0.15) is 5.82 Å². The van der Waals surface area contributed by atoms with Gasteiger partial charge in [0, 0.05) is 18.8 Å². The minimum absolute atomic E-state index is 0.00959. The SMILES string of the molecule is Cn1nc(C(F)(F)F)cc1-c1cc(F)ccc1N1Cc2ncc(-c3nnc(C(F)F)o3)cc2C1=O. The molecule has 1 amide bonds. The second kappa shape index (κ2) is 7.92. The van der Waals surface area contributed by atoms with E-state index in [2.05, 4.69) is 20.3 Å². The standard InChI is InChI=1S/C21H12F6N6O2/c1-32-15(6-16(31-32)21(25,26)27)12-5-10(22)2-3-14(12)33-8-13-11(20(33)34)4-9(7-28-13)18-29-30-19(35-18)17(23)24/h2-7,17H,8H2,1H3. The third kappa shape index (κ3) is 3.90. The number of rotatable bonds is 4. The van der Waals surface area contributed by atoms with Crippen LogP contribution in [-0.2, 0) is 19.8 Å². The third-order valence-corrected chi connectivity index (χ3v) is 5.32. The van der Waals surface area contributed by atoms with Gasteiger partial charge in [0.15, 0.2) is 5.69 Å². The zero-order chi connectivity index (χ0) is 25.1. The molecule has 180 valence electrons. The van der Waals surface area contributed by atoms with E-state index >= 15 is 0 Å². The van der Waals surface area contributed by atoms with E-state index in [1.807, 2.05) is 0 Å². The molecule has 3 aromatic heterocycles. The number of alkyl halides is 5. The molecule has 14 heteroatoms. The Labute approximate surface area is 191 Å². The fraction of sp³-hybridized carbons (Fsp3) is 0.190. The lowest BCUT2D eigenvalue weighted by Crippen LogP contribution is -2.24. The average Bonchev–Trinajstić information content (AvgIpc) is 3.51. The number of aryl methyl sites for hydroxylation is 1. The Hall–Kier alpha value is -4.23. The van der Waals surface area contributed by atoms with E-state index in [-0.39, 0.29) is 40.5 Å². The highest BCUT2D eigenvalue weighted by atomic mass is 19.4. The van der Waals surface area contributed by atoms with Crippen LogP contribution in [0.3, 0.4) is 0 Å². The van der Waals surface area contributed by atoms with Crippen molar-refractivity contribution in [3.8, 4) is 22.7 Å². The molecule has 0 spiro atoms. The van der Waals surface area contributed by atoms with E-state index in [0.29, 0.717) is 5.69 Å². The van der Waals surface area contributed by atoms with Crippen molar-refractivity contribution in [2.45, 2.75) is 19.1 Å². The number of hydrogen-bond acceptors (Lipinski definition) is 6. The number of benzene rings is 1. The smallest absolute Gasteiger partial charge is 0.415 e. The summed E-state index contributed by atoms with van der Waals surface area (Å²) in [7, 11) is 1.27. The molecule has 0 unspecified atom stereocenters. The fourth-order valence-corrected chi connectivity index (χ4v) is 3.73. The molecule has 0 radical (unpaired) electrons. The number of fused-ring (bicyclic) bond motifs is 1. The minimum atomic E-state index is -4.72. The molecule has 1 aliphatic rings. The van der Waals surface area contributed by atoms with Crippen molar-refractivity contribution in [2.24, 2.45) is 7.05 Å². The van der Waals surface area contributed by atoms with Gasteiger partial charge in [-0.2, -0.15) is 27.1 Å². The molecule has 35 heavy (non-hydrogen) atoms. The summed E-state index contributed by atoms with van der Waals surface area (Å²) in [6.07, 6.45) is -6.43. The Morgan fingerprint density at radius 2 is 1.86 bits per heavy atom. The van der Waals surface area contributed by atoms with Crippen molar-refractivity contribution < 1.29 is 35.6 Å². The lowest BCUT2D eigenvalue weighted by Gasteiger charge is -2.19. The van der Waals surface area contributed by atoms with Crippen LogP contribution in [0.4, 0.5) is 32.0 Å². The summed E-state index contributed by atoms with van der Waals surface area (Å²) in [5, 5.41) is 10.2. The van der Waals surface area contributed by atoms with Crippen LogP contribution in [0.15, 0.2) is 40.9 Å². The third-order valence-electron chi connectivity index (χ3n) is 5.32. The number of halogens is 6. The summed E-state index contributed by atoms with van der Waals surface area (Å²) in [4.78, 5) is 18.6. The second-order valence-electron chi connectivity index (χ2n) is 7.55. The summed E-state index contributed by atoms with van der Waals surface area (Å²) in [6, 6.07) is 5.44. The van der Waals surface area contributed by atoms with Gasteiger partial charge >= 0.3 is 12.6 Å². The highest BCUT2D eigenvalue weighted by Gasteiger charge is 2.36. The minimum Gasteiger partial charge on any atom is -0.415 e. The van der Waals surface area contributed by atoms with E-state index in [1.165, 1.54) is 30.3 Å². The molecule has 8 nitrogen and oxygen atoms in total. The van der Waals surface area contributed by atoms with Crippen molar-refractivity contribution in [3.63, 3.8) is 0 Å². The van der Waals surface area contributed by atoms with Gasteiger partial charge in [-0.15, -0.1) is 10.2 Å². The molecule has 1 aliphatic heterocycles. The van der Waals surface area contributed by atoms with Gasteiger partial charge in [0.05, 0.1) is 34.7 Å². The first-order valence-electron chi connectivity index (χ1n) is 9.87. The predicted molar refractivity (Wildman–Crippen MR) is 107 cm³/mol. The van der Waals surface area contributed by atoms with Crippen molar-refractivity contribution in [3.05, 3.63) is 65.2 Å². The van der Waals surface area contributed by atoms with Crippen LogP contribution in [-0.4, -0.2) is 30.9 Å². The molecule has 0 aliphatic carbocycles. The molecule has 4 aromatic rings. The number of hydrogen-bond donors (Lipinski definition) is 0. The van der Waals surface area contributed by atoms with E-state index in [0.717, 1.165) is 22.9 Å². The Morgan fingerprint density at radius 1 is 1.09 bits per heavy atom. The van der Waals surface area contributed by atoms with E-state index in [1.54, 1.807) is 0 Å². The van der Waals surface area contributed by atoms with Gasteiger partial charge in [-0.25, -0.2) is 4.39 Å². The molecule has 0 fully saturated rings.